The number of hydrogen-bond donors (Lipinski definition) is 1. The molecular weight excluding hydrogens is 340 g/mol. The van der Waals surface area contributed by atoms with Crippen molar-refractivity contribution in [3.05, 3.63) is 27.7 Å². The van der Waals surface area contributed by atoms with Crippen LogP contribution in [0.25, 0.3) is 0 Å². The first-order chi connectivity index (χ1) is 8.41. The predicted octanol–water partition coefficient (Wildman–Crippen LogP) is 2.08. The fraction of sp³-hybridized carbons (Fsp3) is 0.455. The molecule has 18 heavy (non-hydrogen) atoms. The van der Waals surface area contributed by atoms with Gasteiger partial charge in [0.15, 0.2) is 0 Å². The summed E-state index contributed by atoms with van der Waals surface area (Å²) in [5.74, 6) is 0. The second-order valence-corrected chi connectivity index (χ2v) is 7.52. The summed E-state index contributed by atoms with van der Waals surface area (Å²) >= 11 is 9.26. The first kappa shape index (κ1) is 14.3. The van der Waals surface area contributed by atoms with Gasteiger partial charge >= 0.3 is 0 Å². The van der Waals surface area contributed by atoms with E-state index in [0.29, 0.717) is 24.1 Å². The van der Waals surface area contributed by atoms with Crippen LogP contribution in [0.3, 0.4) is 0 Å². The summed E-state index contributed by atoms with van der Waals surface area (Å²) < 4.78 is 27.2. The first-order valence-electron chi connectivity index (χ1n) is 5.60. The standard InChI is InChI=1S/C11H14BrClN2O2S/c1-8-7-15(5-4-14-8)18(16,17)11-6-9(12)2-3-10(11)13/h2-3,6,8,14H,4-5,7H2,1H3. The van der Waals surface area contributed by atoms with Crippen molar-refractivity contribution in [2.45, 2.75) is 17.9 Å². The summed E-state index contributed by atoms with van der Waals surface area (Å²) in [5.41, 5.74) is 0. The Balaban J connectivity index is 2.38. The van der Waals surface area contributed by atoms with Crippen LogP contribution in [0.15, 0.2) is 27.6 Å². The number of hydrogen-bond acceptors (Lipinski definition) is 3. The molecule has 7 heteroatoms. The van der Waals surface area contributed by atoms with E-state index in [1.807, 2.05) is 6.92 Å². The number of halogens is 2. The van der Waals surface area contributed by atoms with Gasteiger partial charge in [0.2, 0.25) is 10.0 Å². The molecule has 1 saturated heterocycles. The van der Waals surface area contributed by atoms with E-state index < -0.39 is 10.0 Å². The number of piperazine rings is 1. The van der Waals surface area contributed by atoms with Gasteiger partial charge in [-0.3, -0.25) is 0 Å². The maximum atomic E-state index is 12.5. The van der Waals surface area contributed by atoms with E-state index in [2.05, 4.69) is 21.2 Å². The molecule has 1 aliphatic rings. The Morgan fingerprint density at radius 2 is 2.22 bits per heavy atom. The Kier molecular flexibility index (Phi) is 4.33. The Labute approximate surface area is 120 Å². The molecule has 100 valence electrons. The molecule has 0 saturated carbocycles. The quantitative estimate of drug-likeness (QED) is 0.885. The van der Waals surface area contributed by atoms with Crippen molar-refractivity contribution in [3.63, 3.8) is 0 Å². The smallest absolute Gasteiger partial charge is 0.244 e. The van der Waals surface area contributed by atoms with Crippen molar-refractivity contribution in [1.82, 2.24) is 9.62 Å². The number of benzene rings is 1. The van der Waals surface area contributed by atoms with E-state index in [1.54, 1.807) is 18.2 Å². The summed E-state index contributed by atoms with van der Waals surface area (Å²) in [6, 6.07) is 5.01. The van der Waals surface area contributed by atoms with E-state index in [4.69, 9.17) is 11.6 Å². The summed E-state index contributed by atoms with van der Waals surface area (Å²) in [7, 11) is -3.52. The molecule has 0 amide bonds. The predicted molar refractivity (Wildman–Crippen MR) is 75.4 cm³/mol. The summed E-state index contributed by atoms with van der Waals surface area (Å²) in [6.45, 7) is 3.55. The van der Waals surface area contributed by atoms with Crippen molar-refractivity contribution in [2.75, 3.05) is 19.6 Å². The second kappa shape index (κ2) is 5.46. The van der Waals surface area contributed by atoms with Crippen LogP contribution in [-0.4, -0.2) is 38.4 Å². The number of nitrogens with one attached hydrogen (secondary N) is 1. The third-order valence-corrected chi connectivity index (χ3v) is 5.68. The summed E-state index contributed by atoms with van der Waals surface area (Å²) in [4.78, 5) is 0.160. The zero-order chi connectivity index (χ0) is 13.3. The average molecular weight is 354 g/mol. The highest BCUT2D eigenvalue weighted by molar-refractivity contribution is 9.10. The highest BCUT2D eigenvalue weighted by Crippen LogP contribution is 2.28. The molecular formula is C11H14BrClN2O2S. The lowest BCUT2D eigenvalue weighted by Crippen LogP contribution is -2.51. The Morgan fingerprint density at radius 1 is 1.50 bits per heavy atom. The van der Waals surface area contributed by atoms with Crippen molar-refractivity contribution >= 4 is 37.6 Å². The van der Waals surface area contributed by atoms with Crippen molar-refractivity contribution in [1.29, 1.82) is 0 Å². The van der Waals surface area contributed by atoms with E-state index >= 15 is 0 Å². The molecule has 4 nitrogen and oxygen atoms in total. The largest absolute Gasteiger partial charge is 0.312 e. The molecule has 1 unspecified atom stereocenters. The maximum Gasteiger partial charge on any atom is 0.244 e. The Bertz CT molecular complexity index is 550. The first-order valence-corrected chi connectivity index (χ1v) is 8.21. The zero-order valence-corrected chi connectivity index (χ0v) is 13.0. The number of sulfonamides is 1. The molecule has 0 radical (unpaired) electrons. The third-order valence-electron chi connectivity index (χ3n) is 2.84. The lowest BCUT2D eigenvalue weighted by atomic mass is 10.3. The molecule has 1 N–H and O–H groups in total. The molecule has 1 aromatic carbocycles. The van der Waals surface area contributed by atoms with Crippen LogP contribution in [0.4, 0.5) is 0 Å². The fourth-order valence-corrected chi connectivity index (χ4v) is 4.47. The van der Waals surface area contributed by atoms with Crippen LogP contribution < -0.4 is 5.32 Å². The van der Waals surface area contributed by atoms with E-state index in [1.165, 1.54) is 4.31 Å². The molecule has 2 rings (SSSR count). The van der Waals surface area contributed by atoms with E-state index in [0.717, 1.165) is 0 Å². The summed E-state index contributed by atoms with van der Waals surface area (Å²) in [6.07, 6.45) is 0. The van der Waals surface area contributed by atoms with Crippen molar-refractivity contribution < 1.29 is 8.42 Å². The molecule has 1 aliphatic heterocycles. The maximum absolute atomic E-state index is 12.5. The SMILES string of the molecule is CC1CN(S(=O)(=O)c2cc(Br)ccc2Cl)CCN1. The van der Waals surface area contributed by atoms with Crippen LogP contribution in [-0.2, 0) is 10.0 Å². The average Bonchev–Trinajstić information content (AvgIpc) is 2.32. The van der Waals surface area contributed by atoms with Crippen LogP contribution in [0.2, 0.25) is 5.02 Å². The van der Waals surface area contributed by atoms with Gasteiger partial charge in [0.25, 0.3) is 0 Å². The number of rotatable bonds is 2. The van der Waals surface area contributed by atoms with Crippen LogP contribution in [0.5, 0.6) is 0 Å². The van der Waals surface area contributed by atoms with E-state index in [-0.39, 0.29) is 16.0 Å². The summed E-state index contributed by atoms with van der Waals surface area (Å²) in [5, 5.41) is 3.47. The van der Waals surface area contributed by atoms with Crippen LogP contribution in [0, 0.1) is 0 Å². The fourth-order valence-electron chi connectivity index (χ4n) is 1.93. The highest BCUT2D eigenvalue weighted by Gasteiger charge is 2.30. The molecule has 0 aliphatic carbocycles. The van der Waals surface area contributed by atoms with Crippen LogP contribution in [0.1, 0.15) is 6.92 Å². The van der Waals surface area contributed by atoms with Gasteiger partial charge in [-0.25, -0.2) is 8.42 Å². The minimum Gasteiger partial charge on any atom is -0.312 e. The monoisotopic (exact) mass is 352 g/mol. The lowest BCUT2D eigenvalue weighted by Gasteiger charge is -2.31. The van der Waals surface area contributed by atoms with Crippen molar-refractivity contribution in [3.8, 4) is 0 Å². The molecule has 1 atom stereocenters. The number of nitrogens with zero attached hydrogens (tertiary/aromatic N) is 1. The second-order valence-electron chi connectivity index (χ2n) is 4.29. The van der Waals surface area contributed by atoms with Gasteiger partial charge in [-0.2, -0.15) is 4.31 Å². The van der Waals surface area contributed by atoms with Gasteiger partial charge in [0.1, 0.15) is 4.90 Å². The van der Waals surface area contributed by atoms with Crippen molar-refractivity contribution in [2.24, 2.45) is 0 Å². The molecule has 0 aromatic heterocycles. The van der Waals surface area contributed by atoms with Gasteiger partial charge < -0.3 is 5.32 Å². The highest BCUT2D eigenvalue weighted by atomic mass is 79.9. The topological polar surface area (TPSA) is 49.4 Å². The minimum atomic E-state index is -3.52. The minimum absolute atomic E-state index is 0.152. The molecule has 1 heterocycles. The van der Waals surface area contributed by atoms with Gasteiger partial charge in [-0.15, -0.1) is 0 Å². The lowest BCUT2D eigenvalue weighted by molar-refractivity contribution is 0.310. The molecule has 1 aromatic rings. The van der Waals surface area contributed by atoms with Crippen LogP contribution >= 0.6 is 27.5 Å². The van der Waals surface area contributed by atoms with Gasteiger partial charge in [-0.05, 0) is 25.1 Å². The Hall–Kier alpha value is -0.140. The Morgan fingerprint density at radius 3 is 2.89 bits per heavy atom. The van der Waals surface area contributed by atoms with E-state index in [9.17, 15) is 8.42 Å². The molecule has 0 bridgehead atoms. The third kappa shape index (κ3) is 2.88. The molecule has 0 spiro atoms. The molecule has 1 fully saturated rings. The zero-order valence-electron chi connectivity index (χ0n) is 9.86. The van der Waals surface area contributed by atoms with Gasteiger partial charge in [0.05, 0.1) is 5.02 Å². The normalized spacial score (nSPS) is 22.1. The van der Waals surface area contributed by atoms with Gasteiger partial charge in [-0.1, -0.05) is 27.5 Å². The van der Waals surface area contributed by atoms with Gasteiger partial charge in [0, 0.05) is 30.1 Å².